The van der Waals surface area contributed by atoms with Crippen LogP contribution in [0.4, 0.5) is 16.4 Å². The van der Waals surface area contributed by atoms with Crippen LogP contribution in [0.15, 0.2) is 18.3 Å². The molecule has 1 unspecified atom stereocenters. The van der Waals surface area contributed by atoms with Crippen molar-refractivity contribution >= 4 is 17.7 Å². The van der Waals surface area contributed by atoms with E-state index in [1.807, 2.05) is 13.8 Å². The smallest absolute Gasteiger partial charge is 0.426 e. The molecule has 0 bridgehead atoms. The quantitative estimate of drug-likeness (QED) is 0.492. The number of rotatable bonds is 7. The minimum atomic E-state index is -0.840. The molecule has 2 amide bonds. The summed E-state index contributed by atoms with van der Waals surface area (Å²) in [6.45, 7) is 3.75. The average molecular weight is 442 g/mol. The highest BCUT2D eigenvalue weighted by molar-refractivity contribution is 5.92. The van der Waals surface area contributed by atoms with Gasteiger partial charge in [-0.25, -0.2) is 9.78 Å². The van der Waals surface area contributed by atoms with Crippen molar-refractivity contribution < 1.29 is 24.1 Å². The Kier molecular flexibility index (Phi) is 7.06. The lowest BCUT2D eigenvalue weighted by molar-refractivity contribution is -0.109. The average Bonchev–Trinajstić information content (AvgIpc) is 2.78. The van der Waals surface area contributed by atoms with E-state index in [2.05, 4.69) is 11.1 Å². The highest BCUT2D eigenvalue weighted by atomic mass is 16.7. The van der Waals surface area contributed by atoms with Crippen molar-refractivity contribution in [2.24, 2.45) is 5.73 Å². The molecular formula is C22H28N5O5+. The Morgan fingerprint density at radius 3 is 2.62 bits per heavy atom. The Labute approximate surface area is 186 Å². The molecule has 3 N–H and O–H groups in total. The molecule has 10 heteroatoms. The molecule has 1 atom stereocenters. The topological polar surface area (TPSA) is 141 Å². The third-order valence-corrected chi connectivity index (χ3v) is 5.42. The number of amides is 2. The standard InChI is InChI=1S/C22H27N5O5/c1-13(2)32-17-9-18(25-11-16(17)10-23)27(22(24)29)7-5-6-14-8-15(12-28)19(26-20(14)27)21(30-3)31-4/h8-9,11,13,21,28H,5-7,12H2,1-4H3,(H-,24,29)/p+1. The normalized spacial score (nSPS) is 17.8. The van der Waals surface area contributed by atoms with E-state index in [0.717, 1.165) is 5.56 Å². The number of ether oxygens (including phenoxy) is 3. The second-order valence-electron chi connectivity index (χ2n) is 7.77. The number of carbonyl (C=O) groups excluding carboxylic acids is 1. The molecule has 1 aliphatic rings. The number of aliphatic hydroxyl groups is 1. The van der Waals surface area contributed by atoms with Crippen LogP contribution >= 0.6 is 0 Å². The second kappa shape index (κ2) is 9.58. The predicted molar refractivity (Wildman–Crippen MR) is 116 cm³/mol. The number of quaternary nitrogens is 1. The number of fused-ring (bicyclic) bond motifs is 1. The number of hydrogen-bond donors (Lipinski definition) is 2. The number of aromatic nitrogens is 2. The number of hydrogen-bond acceptors (Lipinski definition) is 8. The van der Waals surface area contributed by atoms with Gasteiger partial charge in [-0.2, -0.15) is 10.2 Å². The van der Waals surface area contributed by atoms with E-state index in [-0.39, 0.29) is 18.3 Å². The summed E-state index contributed by atoms with van der Waals surface area (Å²) in [5, 5.41) is 19.3. The summed E-state index contributed by atoms with van der Waals surface area (Å²) in [5.41, 5.74) is 7.89. The molecule has 0 spiro atoms. The van der Waals surface area contributed by atoms with Gasteiger partial charge in [-0.15, -0.1) is 4.48 Å². The zero-order chi connectivity index (χ0) is 23.5. The van der Waals surface area contributed by atoms with E-state index in [0.29, 0.717) is 48.0 Å². The molecule has 0 fully saturated rings. The molecule has 2 aromatic rings. The number of aliphatic hydroxyl groups excluding tert-OH is 1. The van der Waals surface area contributed by atoms with Crippen LogP contribution in [0, 0.1) is 11.3 Å². The fourth-order valence-corrected chi connectivity index (χ4v) is 4.01. The molecule has 0 saturated carbocycles. The lowest BCUT2D eigenvalue weighted by Gasteiger charge is -2.36. The van der Waals surface area contributed by atoms with Crippen LogP contribution in [0.2, 0.25) is 0 Å². The van der Waals surface area contributed by atoms with Crippen LogP contribution in [0.3, 0.4) is 0 Å². The molecule has 3 rings (SSSR count). The maximum Gasteiger partial charge on any atom is 0.426 e. The zero-order valence-corrected chi connectivity index (χ0v) is 18.7. The lowest BCUT2D eigenvalue weighted by Crippen LogP contribution is -2.56. The minimum Gasteiger partial charge on any atom is -0.489 e. The summed E-state index contributed by atoms with van der Waals surface area (Å²) >= 11 is 0. The van der Waals surface area contributed by atoms with Gasteiger partial charge in [-0.3, -0.25) is 0 Å². The molecule has 10 nitrogen and oxygen atoms in total. The van der Waals surface area contributed by atoms with E-state index in [1.165, 1.54) is 20.4 Å². The number of urea groups is 1. The second-order valence-corrected chi connectivity index (χ2v) is 7.77. The van der Waals surface area contributed by atoms with Crippen LogP contribution in [0.5, 0.6) is 5.75 Å². The largest absolute Gasteiger partial charge is 0.489 e. The Bertz CT molecular complexity index is 1050. The van der Waals surface area contributed by atoms with Crippen LogP contribution < -0.4 is 15.0 Å². The van der Waals surface area contributed by atoms with E-state index < -0.39 is 16.8 Å². The summed E-state index contributed by atoms with van der Waals surface area (Å²) in [7, 11) is 2.93. The van der Waals surface area contributed by atoms with Gasteiger partial charge in [0.1, 0.15) is 29.6 Å². The molecule has 0 radical (unpaired) electrons. The first-order chi connectivity index (χ1) is 15.3. The number of carbonyl (C=O) groups is 1. The van der Waals surface area contributed by atoms with Gasteiger partial charge in [0.2, 0.25) is 17.9 Å². The third kappa shape index (κ3) is 4.03. The zero-order valence-electron chi connectivity index (χ0n) is 18.7. The van der Waals surface area contributed by atoms with Crippen LogP contribution in [0.25, 0.3) is 0 Å². The highest BCUT2D eigenvalue weighted by Crippen LogP contribution is 2.42. The van der Waals surface area contributed by atoms with Gasteiger partial charge in [0.05, 0.1) is 25.0 Å². The van der Waals surface area contributed by atoms with Crippen molar-refractivity contribution in [1.82, 2.24) is 14.5 Å². The van der Waals surface area contributed by atoms with Crippen molar-refractivity contribution in [3.05, 3.63) is 40.7 Å². The molecule has 2 aromatic heterocycles. The van der Waals surface area contributed by atoms with Crippen molar-refractivity contribution in [2.45, 2.75) is 45.7 Å². The van der Waals surface area contributed by atoms with Crippen LogP contribution in [-0.2, 0) is 22.5 Å². The maximum atomic E-state index is 13.0. The van der Waals surface area contributed by atoms with Gasteiger partial charge in [-0.1, -0.05) is 0 Å². The number of methoxy groups -OCH3 is 2. The Balaban J connectivity index is 2.29. The summed E-state index contributed by atoms with van der Waals surface area (Å²) in [6, 6.07) is 4.76. The third-order valence-electron chi connectivity index (χ3n) is 5.42. The minimum absolute atomic E-state index is 0.186. The predicted octanol–water partition coefficient (Wildman–Crippen LogP) is 2.58. The SMILES string of the molecule is COC(OC)c1nc2c(cc1CO)CCC[N+]2(C(N)=O)c1cc(OC(C)C)c(C#N)cn1. The molecule has 0 aromatic carbocycles. The number of nitrogens with zero attached hydrogens (tertiary/aromatic N) is 4. The van der Waals surface area contributed by atoms with Crippen LogP contribution in [-0.4, -0.2) is 48.0 Å². The van der Waals surface area contributed by atoms with Crippen molar-refractivity contribution in [1.29, 1.82) is 5.26 Å². The number of nitriles is 1. The van der Waals surface area contributed by atoms with Gasteiger partial charge < -0.3 is 25.1 Å². The number of pyridine rings is 2. The number of primary amides is 1. The fourth-order valence-electron chi connectivity index (χ4n) is 4.01. The fraction of sp³-hybridized carbons (Fsp3) is 0.455. The van der Waals surface area contributed by atoms with Crippen molar-refractivity contribution in [2.75, 3.05) is 20.8 Å². The molecular weight excluding hydrogens is 414 g/mol. The summed E-state index contributed by atoms with van der Waals surface area (Å²) in [5.74, 6) is 1.01. The molecule has 3 heterocycles. The lowest BCUT2D eigenvalue weighted by atomic mass is 9.99. The Morgan fingerprint density at radius 2 is 2.06 bits per heavy atom. The molecule has 0 aliphatic carbocycles. The Morgan fingerprint density at radius 1 is 1.34 bits per heavy atom. The van der Waals surface area contributed by atoms with Crippen LogP contribution in [0.1, 0.15) is 48.9 Å². The van der Waals surface area contributed by atoms with E-state index in [4.69, 9.17) is 24.9 Å². The van der Waals surface area contributed by atoms with Gasteiger partial charge >= 0.3 is 6.03 Å². The monoisotopic (exact) mass is 442 g/mol. The van der Waals surface area contributed by atoms with Crippen molar-refractivity contribution in [3.8, 4) is 11.8 Å². The van der Waals surface area contributed by atoms with Gasteiger partial charge in [-0.05, 0) is 26.3 Å². The van der Waals surface area contributed by atoms with E-state index >= 15 is 0 Å². The van der Waals surface area contributed by atoms with E-state index in [1.54, 1.807) is 12.1 Å². The molecule has 170 valence electrons. The van der Waals surface area contributed by atoms with Crippen molar-refractivity contribution in [3.63, 3.8) is 0 Å². The van der Waals surface area contributed by atoms with Gasteiger partial charge in [0.15, 0.2) is 0 Å². The summed E-state index contributed by atoms with van der Waals surface area (Å²) in [4.78, 5) is 22.1. The highest BCUT2D eigenvalue weighted by Gasteiger charge is 2.48. The summed E-state index contributed by atoms with van der Waals surface area (Å²) < 4.78 is 16.1. The molecule has 0 saturated heterocycles. The Hall–Kier alpha value is -3.10. The van der Waals surface area contributed by atoms with Gasteiger partial charge in [0.25, 0.3) is 0 Å². The molecule has 1 aliphatic heterocycles. The van der Waals surface area contributed by atoms with Gasteiger partial charge in [0, 0.05) is 31.8 Å². The first-order valence-corrected chi connectivity index (χ1v) is 10.3. The number of nitrogens with two attached hydrogens (primary N) is 1. The first kappa shape index (κ1) is 23.6. The maximum absolute atomic E-state index is 13.0. The first-order valence-electron chi connectivity index (χ1n) is 10.3. The number of aryl methyl sites for hydroxylation is 1. The van der Waals surface area contributed by atoms with E-state index in [9.17, 15) is 15.2 Å². The molecule has 32 heavy (non-hydrogen) atoms. The summed E-state index contributed by atoms with van der Waals surface area (Å²) in [6.07, 6.45) is 1.64.